The number of rotatable bonds is 8. The van der Waals surface area contributed by atoms with E-state index in [1.165, 1.54) is 32.1 Å². The number of ether oxygens (including phenoxy) is 2. The smallest absolute Gasteiger partial charge is 0.117 e. The van der Waals surface area contributed by atoms with Crippen molar-refractivity contribution in [2.24, 2.45) is 16.7 Å². The Bertz CT molecular complexity index is 377. The zero-order valence-corrected chi connectivity index (χ0v) is 15.6. The molecule has 1 rings (SSSR count). The van der Waals surface area contributed by atoms with Crippen LogP contribution >= 0.6 is 0 Å². The first-order chi connectivity index (χ1) is 10.4. The van der Waals surface area contributed by atoms with E-state index in [0.717, 1.165) is 19.4 Å². The van der Waals surface area contributed by atoms with Crippen LogP contribution in [0.15, 0.2) is 0 Å². The number of unbranched alkanes of at least 4 members (excludes halogenated alkanes) is 3. The van der Waals surface area contributed by atoms with E-state index in [1.54, 1.807) is 14.2 Å². The Hall–Kier alpha value is -0.520. The second-order valence-electron chi connectivity index (χ2n) is 7.59. The topological polar surface area (TPSA) is 18.5 Å². The van der Waals surface area contributed by atoms with Crippen molar-refractivity contribution in [1.82, 2.24) is 0 Å². The molecule has 0 unspecified atom stereocenters. The van der Waals surface area contributed by atoms with Crippen molar-refractivity contribution in [3.63, 3.8) is 0 Å². The molecular formula is C20H36O2. The van der Waals surface area contributed by atoms with Crippen LogP contribution in [-0.2, 0) is 9.47 Å². The van der Waals surface area contributed by atoms with E-state index < -0.39 is 0 Å². The minimum Gasteiger partial charge on any atom is -0.384 e. The molecule has 0 bridgehead atoms. The predicted molar refractivity (Wildman–Crippen MR) is 93.8 cm³/mol. The van der Waals surface area contributed by atoms with Gasteiger partial charge in [0.05, 0.1) is 0 Å². The molecule has 0 aromatic heterocycles. The Balaban J connectivity index is 2.67. The van der Waals surface area contributed by atoms with Gasteiger partial charge in [-0.25, -0.2) is 0 Å². The average molecular weight is 309 g/mol. The van der Waals surface area contributed by atoms with Crippen LogP contribution in [0.4, 0.5) is 0 Å². The Kier molecular flexibility index (Phi) is 7.94. The summed E-state index contributed by atoms with van der Waals surface area (Å²) in [6, 6.07) is 0. The largest absolute Gasteiger partial charge is 0.384 e. The molecule has 0 heterocycles. The van der Waals surface area contributed by atoms with Gasteiger partial charge in [-0.05, 0) is 43.9 Å². The van der Waals surface area contributed by atoms with Crippen LogP contribution in [0.1, 0.15) is 72.6 Å². The summed E-state index contributed by atoms with van der Waals surface area (Å²) in [5.41, 5.74) is 0.257. The lowest BCUT2D eigenvalue weighted by atomic mass is 9.66. The molecule has 0 aliphatic heterocycles. The molecule has 22 heavy (non-hydrogen) atoms. The summed E-state index contributed by atoms with van der Waals surface area (Å²) in [7, 11) is 3.59. The van der Waals surface area contributed by atoms with Gasteiger partial charge in [-0.1, -0.05) is 51.9 Å². The van der Waals surface area contributed by atoms with E-state index in [4.69, 9.17) is 9.47 Å². The van der Waals surface area contributed by atoms with Crippen molar-refractivity contribution in [3.05, 3.63) is 0 Å². The van der Waals surface area contributed by atoms with Gasteiger partial charge in [0.1, 0.15) is 6.10 Å². The van der Waals surface area contributed by atoms with Gasteiger partial charge < -0.3 is 9.47 Å². The summed E-state index contributed by atoms with van der Waals surface area (Å²) in [5.74, 6) is 7.63. The molecule has 2 nitrogen and oxygen atoms in total. The fourth-order valence-corrected chi connectivity index (χ4v) is 3.56. The first kappa shape index (κ1) is 19.5. The fourth-order valence-electron chi connectivity index (χ4n) is 3.56. The van der Waals surface area contributed by atoms with Gasteiger partial charge in [0.15, 0.2) is 0 Å². The van der Waals surface area contributed by atoms with Crippen molar-refractivity contribution in [3.8, 4) is 11.8 Å². The van der Waals surface area contributed by atoms with E-state index >= 15 is 0 Å². The van der Waals surface area contributed by atoms with E-state index in [-0.39, 0.29) is 16.9 Å². The monoisotopic (exact) mass is 308 g/mol. The molecule has 0 amide bonds. The second kappa shape index (κ2) is 8.94. The third-order valence-corrected chi connectivity index (χ3v) is 5.92. The minimum atomic E-state index is 0.0659. The third kappa shape index (κ3) is 4.74. The van der Waals surface area contributed by atoms with Crippen molar-refractivity contribution in [1.29, 1.82) is 0 Å². The second-order valence-corrected chi connectivity index (χ2v) is 7.59. The van der Waals surface area contributed by atoms with Crippen LogP contribution in [0.3, 0.4) is 0 Å². The van der Waals surface area contributed by atoms with E-state index in [1.807, 2.05) is 0 Å². The Labute approximate surface area is 138 Å². The SMILES string of the molecule is CCCCCC[C@H](C#C[C@]1(C)CC[C@H](COC)C1(C)C)OC. The van der Waals surface area contributed by atoms with Crippen LogP contribution in [0, 0.1) is 28.6 Å². The zero-order chi connectivity index (χ0) is 16.6. The van der Waals surface area contributed by atoms with Crippen LogP contribution in [0.25, 0.3) is 0 Å². The highest BCUT2D eigenvalue weighted by atomic mass is 16.5. The molecule has 0 spiro atoms. The first-order valence-corrected chi connectivity index (χ1v) is 8.95. The van der Waals surface area contributed by atoms with Crippen LogP contribution in [-0.4, -0.2) is 26.9 Å². The van der Waals surface area contributed by atoms with E-state index in [9.17, 15) is 0 Å². The van der Waals surface area contributed by atoms with Crippen LogP contribution in [0.2, 0.25) is 0 Å². The normalized spacial score (nSPS) is 28.2. The van der Waals surface area contributed by atoms with Gasteiger partial charge in [-0.15, -0.1) is 0 Å². The molecule has 1 fully saturated rings. The van der Waals surface area contributed by atoms with Gasteiger partial charge in [0.25, 0.3) is 0 Å². The number of methoxy groups -OCH3 is 2. The molecule has 3 atom stereocenters. The summed E-state index contributed by atoms with van der Waals surface area (Å²) in [6.07, 6.45) is 8.61. The summed E-state index contributed by atoms with van der Waals surface area (Å²) in [6.45, 7) is 10.1. The molecule has 0 aromatic rings. The van der Waals surface area contributed by atoms with Crippen LogP contribution in [0.5, 0.6) is 0 Å². The molecule has 0 radical (unpaired) electrons. The van der Waals surface area contributed by atoms with Gasteiger partial charge in [0, 0.05) is 26.2 Å². The molecule has 1 aliphatic rings. The van der Waals surface area contributed by atoms with Crippen molar-refractivity contribution < 1.29 is 9.47 Å². The molecule has 2 heteroatoms. The third-order valence-electron chi connectivity index (χ3n) is 5.92. The van der Waals surface area contributed by atoms with Gasteiger partial charge in [0.2, 0.25) is 0 Å². The first-order valence-electron chi connectivity index (χ1n) is 8.95. The lowest BCUT2D eigenvalue weighted by Gasteiger charge is -2.38. The molecule has 0 N–H and O–H groups in total. The summed E-state index contributed by atoms with van der Waals surface area (Å²) >= 11 is 0. The lowest BCUT2D eigenvalue weighted by Crippen LogP contribution is -2.35. The highest BCUT2D eigenvalue weighted by molar-refractivity contribution is 5.21. The quantitative estimate of drug-likeness (QED) is 0.461. The Morgan fingerprint density at radius 1 is 1.14 bits per heavy atom. The minimum absolute atomic E-state index is 0.0659. The maximum absolute atomic E-state index is 5.58. The standard InChI is InChI=1S/C20H36O2/c1-7-8-9-10-11-18(22-6)13-15-20(4)14-12-17(16-21-5)19(20,2)3/h17-18H,7-12,14,16H2,1-6H3/t17-,18-,20+/m1/s1. The molecule has 0 saturated heterocycles. The predicted octanol–water partition coefficient (Wildman–Crippen LogP) is 5.06. The van der Waals surface area contributed by atoms with Crippen LogP contribution < -0.4 is 0 Å². The van der Waals surface area contributed by atoms with E-state index in [2.05, 4.69) is 39.5 Å². The molecule has 1 saturated carbocycles. The fraction of sp³-hybridized carbons (Fsp3) is 0.900. The summed E-state index contributed by atoms with van der Waals surface area (Å²) < 4.78 is 11.0. The molecule has 0 aromatic carbocycles. The van der Waals surface area contributed by atoms with Gasteiger partial charge >= 0.3 is 0 Å². The van der Waals surface area contributed by atoms with Crippen molar-refractivity contribution in [2.75, 3.05) is 20.8 Å². The highest BCUT2D eigenvalue weighted by Gasteiger charge is 2.50. The highest BCUT2D eigenvalue weighted by Crippen LogP contribution is 2.55. The zero-order valence-electron chi connectivity index (χ0n) is 15.6. The molecular weight excluding hydrogens is 272 g/mol. The number of hydrogen-bond acceptors (Lipinski definition) is 2. The summed E-state index contributed by atoms with van der Waals surface area (Å²) in [5, 5.41) is 0. The average Bonchev–Trinajstić information content (AvgIpc) is 2.71. The summed E-state index contributed by atoms with van der Waals surface area (Å²) in [4.78, 5) is 0. The Morgan fingerprint density at radius 3 is 2.45 bits per heavy atom. The van der Waals surface area contributed by atoms with Gasteiger partial charge in [-0.2, -0.15) is 0 Å². The van der Waals surface area contributed by atoms with E-state index in [0.29, 0.717) is 5.92 Å². The Morgan fingerprint density at radius 2 is 1.86 bits per heavy atom. The molecule has 128 valence electrons. The lowest BCUT2D eigenvalue weighted by molar-refractivity contribution is 0.0653. The molecule has 1 aliphatic carbocycles. The number of hydrogen-bond donors (Lipinski definition) is 0. The van der Waals surface area contributed by atoms with Gasteiger partial charge in [-0.3, -0.25) is 0 Å². The van der Waals surface area contributed by atoms with Crippen molar-refractivity contribution in [2.45, 2.75) is 78.7 Å². The van der Waals surface area contributed by atoms with Crippen molar-refractivity contribution >= 4 is 0 Å². The maximum atomic E-state index is 5.58. The maximum Gasteiger partial charge on any atom is 0.117 e.